The smallest absolute Gasteiger partial charge is 0.309 e. The highest BCUT2D eigenvalue weighted by Crippen LogP contribution is 2.50. The molecule has 5 nitrogen and oxygen atoms in total. The topological polar surface area (TPSA) is 43.5 Å². The molecule has 14 heteroatoms. The zero-order valence-electron chi connectivity index (χ0n) is 56.3. The Morgan fingerprint density at radius 3 is 0.700 bits per heavy atom. The van der Waals surface area contributed by atoms with E-state index in [0.29, 0.717) is 55.7 Å². The highest BCUT2D eigenvalue weighted by molar-refractivity contribution is 6.14. The molecule has 4 heterocycles. The fraction of sp³-hybridized carbons (Fsp3) is 0.151. The van der Waals surface area contributed by atoms with Crippen molar-refractivity contribution in [2.75, 3.05) is 0 Å². The maximum atomic E-state index is 16.1. The van der Waals surface area contributed by atoms with E-state index in [1.807, 2.05) is 128 Å². The van der Waals surface area contributed by atoms with E-state index in [1.54, 1.807) is 47.2 Å². The number of aromatic nitrogens is 4. The third kappa shape index (κ3) is 10.6. The average molecular weight is 1340 g/mol. The first-order valence-electron chi connectivity index (χ1n) is 32.8. The van der Waals surface area contributed by atoms with Gasteiger partial charge in [0.25, 0.3) is 0 Å². The van der Waals surface area contributed by atoms with E-state index in [-0.39, 0.29) is 28.1 Å². The third-order valence-electron chi connectivity index (χ3n) is 19.6. The van der Waals surface area contributed by atoms with Gasteiger partial charge in [-0.05, 0) is 232 Å². The highest BCUT2D eigenvalue weighted by Gasteiger charge is 2.42. The normalized spacial score (nSPS) is 12.3. The Morgan fingerprint density at radius 1 is 0.270 bits per heavy atom. The van der Waals surface area contributed by atoms with Crippen molar-refractivity contribution in [2.24, 2.45) is 0 Å². The number of nitrogens with zero attached hydrogens (tertiary/aromatic N) is 5. The molecular weight excluding hydrogens is 1270 g/mol. The molecule has 16 rings (SSSR count). The van der Waals surface area contributed by atoms with Gasteiger partial charge in [0, 0.05) is 43.1 Å². The second-order valence-electron chi connectivity index (χ2n) is 26.9. The summed E-state index contributed by atoms with van der Waals surface area (Å²) in [6, 6.07) is 64.2. The lowest BCUT2D eigenvalue weighted by molar-refractivity contribution is -0.138. The predicted molar refractivity (Wildman–Crippen MR) is 388 cm³/mol. The molecule has 0 atom stereocenters. The number of rotatable bonds is 6. The van der Waals surface area contributed by atoms with Crippen molar-refractivity contribution in [1.82, 2.24) is 18.3 Å². The summed E-state index contributed by atoms with van der Waals surface area (Å²) in [5.41, 5.74) is 12.6. The molecule has 0 spiro atoms. The van der Waals surface area contributed by atoms with Gasteiger partial charge in [-0.1, -0.05) is 121 Å². The van der Waals surface area contributed by atoms with Gasteiger partial charge in [-0.3, -0.25) is 0 Å². The lowest BCUT2D eigenvalue weighted by atomic mass is 9.92. The van der Waals surface area contributed by atoms with Crippen LogP contribution in [0.3, 0.4) is 0 Å². The average Bonchev–Trinajstić information content (AvgIpc) is 1.62. The monoisotopic (exact) mass is 1340 g/mol. The highest BCUT2D eigenvalue weighted by atomic mass is 19.4. The van der Waals surface area contributed by atoms with Crippen LogP contribution in [0.2, 0.25) is 0 Å². The number of aryl methyl sites for hydroxylation is 10. The quantitative estimate of drug-likeness (QED) is 0.153. The van der Waals surface area contributed by atoms with Crippen LogP contribution in [0.5, 0.6) is 0 Å². The molecule has 0 radical (unpaired) electrons. The fourth-order valence-electron chi connectivity index (χ4n) is 15.2. The van der Waals surface area contributed by atoms with Crippen LogP contribution in [0.25, 0.3) is 132 Å². The zero-order valence-corrected chi connectivity index (χ0v) is 56.3. The fourth-order valence-corrected chi connectivity index (χ4v) is 15.2. The summed E-state index contributed by atoms with van der Waals surface area (Å²) in [6.07, 6.45) is -14.3. The van der Waals surface area contributed by atoms with Gasteiger partial charge in [-0.2, -0.15) is 44.8 Å². The number of hydrogen-bond donors (Lipinski definition) is 0. The molecule has 4 aromatic heterocycles. The SMILES string of the molecule is Cc1ccc2c3ccc(C)cc3n(-c3cc(-c4c(C)cccc4C(F)(F)F)cc(-n4c5cc(C)ccc5c5ccc(C)cc54)c3C#N)c2c1.Cc1ccc2c3ccc(C)cc3n(-c3cc(-c4c(C)cccc4C(F)(F)F)cc(-n4c5cc(C)ccc5c5ccc(C)cc54)c3C(F)(F)F)c2c1. The number of halogens is 9. The van der Waals surface area contributed by atoms with Gasteiger partial charge in [-0.15, -0.1) is 0 Å². The van der Waals surface area contributed by atoms with Crippen molar-refractivity contribution in [3.63, 3.8) is 0 Å². The first-order chi connectivity index (χ1) is 47.6. The standard InChI is InChI=1S/C43H32F6N2.C43H32F3N3/c1-23-9-13-29-30-14-10-24(2)18-35(30)50(34(29)17-23)38-21-28(40-27(5)7-6-8-33(40)42(44,45)46)22-39(41(38)43(47,48)49)51-36-19-25(3)11-15-31(36)32-16-12-26(4)20-37(32)51;1-24-9-13-30-31-14-10-25(2)18-37(31)48(36(30)17-24)40-21-29(42-28(5)7-6-8-35(42)43(44,45)46)22-41(34(40)23-47)49-38-19-26(3)11-15-32(38)33-16-12-27(4)20-39(33)49/h6-22H,1-5H3;6-22H,1-5H3. The Hall–Kier alpha value is -11.3. The summed E-state index contributed by atoms with van der Waals surface area (Å²) >= 11 is 0. The lowest BCUT2D eigenvalue weighted by Gasteiger charge is -2.24. The molecular formula is C86H64F9N5. The van der Waals surface area contributed by atoms with Gasteiger partial charge in [0.05, 0.1) is 78.0 Å². The number of fused-ring (bicyclic) bond motifs is 12. The molecule has 0 fully saturated rings. The molecule has 496 valence electrons. The molecule has 0 unspecified atom stereocenters. The van der Waals surface area contributed by atoms with Crippen molar-refractivity contribution >= 4 is 87.2 Å². The minimum absolute atomic E-state index is 0.0315. The number of nitriles is 1. The van der Waals surface area contributed by atoms with Crippen LogP contribution in [0, 0.1) is 80.6 Å². The molecule has 0 saturated carbocycles. The first kappa shape index (κ1) is 64.7. The van der Waals surface area contributed by atoms with Gasteiger partial charge in [0.2, 0.25) is 0 Å². The van der Waals surface area contributed by atoms with E-state index in [4.69, 9.17) is 0 Å². The molecule has 0 N–H and O–H groups in total. The van der Waals surface area contributed by atoms with Gasteiger partial charge >= 0.3 is 18.5 Å². The summed E-state index contributed by atoms with van der Waals surface area (Å²) in [5.74, 6) is 0. The molecule has 100 heavy (non-hydrogen) atoms. The van der Waals surface area contributed by atoms with Crippen LogP contribution in [-0.2, 0) is 18.5 Å². The van der Waals surface area contributed by atoms with Crippen LogP contribution in [0.15, 0.2) is 206 Å². The number of benzene rings is 12. The van der Waals surface area contributed by atoms with E-state index in [9.17, 15) is 31.6 Å². The summed E-state index contributed by atoms with van der Waals surface area (Å²) < 4.78 is 144. The Labute approximate surface area is 570 Å². The second kappa shape index (κ2) is 23.4. The number of alkyl halides is 9. The largest absolute Gasteiger partial charge is 0.420 e. The van der Waals surface area contributed by atoms with Crippen LogP contribution in [-0.4, -0.2) is 18.3 Å². The van der Waals surface area contributed by atoms with Gasteiger partial charge in [0.1, 0.15) is 17.2 Å². The van der Waals surface area contributed by atoms with E-state index >= 15 is 13.2 Å². The van der Waals surface area contributed by atoms with Crippen molar-refractivity contribution in [1.29, 1.82) is 5.26 Å². The number of hydrogen-bond acceptors (Lipinski definition) is 1. The molecule has 16 aromatic rings. The molecule has 0 bridgehead atoms. The maximum Gasteiger partial charge on any atom is 0.420 e. The Kier molecular flexibility index (Phi) is 15.2. The van der Waals surface area contributed by atoms with Crippen LogP contribution < -0.4 is 0 Å². The first-order valence-corrected chi connectivity index (χ1v) is 32.8. The molecule has 12 aromatic carbocycles. The van der Waals surface area contributed by atoms with Crippen LogP contribution in [0.4, 0.5) is 39.5 Å². The summed E-state index contributed by atoms with van der Waals surface area (Å²) in [7, 11) is 0. The maximum absolute atomic E-state index is 16.1. The summed E-state index contributed by atoms with van der Waals surface area (Å²) in [5, 5.41) is 18.1. The van der Waals surface area contributed by atoms with Gasteiger partial charge < -0.3 is 18.3 Å². The van der Waals surface area contributed by atoms with Gasteiger partial charge in [0.15, 0.2) is 0 Å². The van der Waals surface area contributed by atoms with E-state index in [2.05, 4.69) is 88.0 Å². The Bertz CT molecular complexity index is 5660. The molecule has 0 aliphatic carbocycles. The predicted octanol–water partition coefficient (Wildman–Crippen LogP) is 25.1. The molecule has 0 amide bonds. The molecule has 0 saturated heterocycles. The van der Waals surface area contributed by atoms with Crippen LogP contribution in [0.1, 0.15) is 77.9 Å². The summed E-state index contributed by atoms with van der Waals surface area (Å²) in [6.45, 7) is 18.8. The van der Waals surface area contributed by atoms with E-state index < -0.39 is 35.2 Å². The molecule has 0 aliphatic rings. The van der Waals surface area contributed by atoms with Crippen molar-refractivity contribution in [3.05, 3.63) is 284 Å². The third-order valence-corrected chi connectivity index (χ3v) is 19.6. The van der Waals surface area contributed by atoms with E-state index in [0.717, 1.165) is 122 Å². The van der Waals surface area contributed by atoms with E-state index in [1.165, 1.54) is 24.3 Å². The minimum atomic E-state index is -4.92. The van der Waals surface area contributed by atoms with Crippen molar-refractivity contribution < 1.29 is 39.5 Å². The van der Waals surface area contributed by atoms with Gasteiger partial charge in [-0.25, -0.2) is 0 Å². The second-order valence-corrected chi connectivity index (χ2v) is 26.9. The minimum Gasteiger partial charge on any atom is -0.309 e. The molecule has 0 aliphatic heterocycles. The zero-order chi connectivity index (χ0) is 70.5. The lowest BCUT2D eigenvalue weighted by Crippen LogP contribution is -2.17. The van der Waals surface area contributed by atoms with Crippen LogP contribution >= 0.6 is 0 Å². The summed E-state index contributed by atoms with van der Waals surface area (Å²) in [4.78, 5) is 0. The van der Waals surface area contributed by atoms with Crippen molar-refractivity contribution in [3.8, 4) is 51.1 Å². The Balaban J connectivity index is 0.000000163. The Morgan fingerprint density at radius 2 is 0.490 bits per heavy atom. The van der Waals surface area contributed by atoms with Crippen molar-refractivity contribution in [2.45, 2.75) is 87.8 Å².